The molecule has 0 bridgehead atoms. The summed E-state index contributed by atoms with van der Waals surface area (Å²) in [6, 6.07) is 11.6. The molecule has 2 aromatic carbocycles. The first-order chi connectivity index (χ1) is 14.2. The Balaban J connectivity index is 1.80. The molecule has 9 heteroatoms. The molecule has 3 rings (SSSR count). The van der Waals surface area contributed by atoms with E-state index in [1.807, 2.05) is 30.5 Å². The lowest BCUT2D eigenvalue weighted by Crippen LogP contribution is -2.18. The summed E-state index contributed by atoms with van der Waals surface area (Å²) >= 11 is 12.1. The van der Waals surface area contributed by atoms with Crippen molar-refractivity contribution >= 4 is 41.0 Å². The van der Waals surface area contributed by atoms with E-state index in [-0.39, 0.29) is 11.3 Å². The van der Waals surface area contributed by atoms with Crippen molar-refractivity contribution in [2.75, 3.05) is 0 Å². The van der Waals surface area contributed by atoms with Gasteiger partial charge in [-0.25, -0.2) is 5.43 Å². The topological polar surface area (TPSA) is 89.5 Å². The monoisotopic (exact) mass is 444 g/mol. The van der Waals surface area contributed by atoms with Gasteiger partial charge in [-0.1, -0.05) is 29.3 Å². The number of nitrogens with one attached hydrogen (secondary N) is 1. The molecule has 0 fully saturated rings. The largest absolute Gasteiger partial charge is 0.318 e. The fourth-order valence-corrected chi connectivity index (χ4v) is 3.40. The van der Waals surface area contributed by atoms with Crippen molar-refractivity contribution in [2.45, 2.75) is 20.8 Å². The number of nitrogens with zero attached hydrogens (tertiary/aromatic N) is 3. The van der Waals surface area contributed by atoms with Gasteiger partial charge in [0.1, 0.15) is 0 Å². The number of hydrogen-bond donors (Lipinski definition) is 1. The second-order valence-electron chi connectivity index (χ2n) is 6.72. The number of carbonyl (C=O) groups is 1. The zero-order valence-electron chi connectivity index (χ0n) is 16.4. The van der Waals surface area contributed by atoms with Crippen molar-refractivity contribution in [3.8, 4) is 5.69 Å². The van der Waals surface area contributed by atoms with Crippen molar-refractivity contribution in [1.29, 1.82) is 0 Å². The molecule has 0 spiro atoms. The van der Waals surface area contributed by atoms with Gasteiger partial charge in [0.25, 0.3) is 11.6 Å². The Morgan fingerprint density at radius 3 is 2.50 bits per heavy atom. The number of aryl methyl sites for hydroxylation is 2. The second kappa shape index (κ2) is 8.69. The number of halogens is 2. The minimum Gasteiger partial charge on any atom is -0.318 e. The third-order valence-electron chi connectivity index (χ3n) is 4.67. The summed E-state index contributed by atoms with van der Waals surface area (Å²) in [5.74, 6) is -0.535. The molecule has 0 saturated heterocycles. The average Bonchev–Trinajstić information content (AvgIpc) is 2.97. The smallest absolute Gasteiger partial charge is 0.273 e. The van der Waals surface area contributed by atoms with Crippen LogP contribution in [0.25, 0.3) is 5.69 Å². The highest BCUT2D eigenvalue weighted by Gasteiger charge is 2.15. The third-order valence-corrected chi connectivity index (χ3v) is 5.41. The Labute approximate surface area is 183 Å². The molecule has 0 atom stereocenters. The molecular weight excluding hydrogens is 427 g/mol. The quantitative estimate of drug-likeness (QED) is 0.325. The van der Waals surface area contributed by atoms with Crippen molar-refractivity contribution in [1.82, 2.24) is 9.99 Å². The van der Waals surface area contributed by atoms with Crippen LogP contribution in [0.1, 0.15) is 32.9 Å². The highest BCUT2D eigenvalue weighted by Crippen LogP contribution is 2.27. The Hall–Kier alpha value is -3.16. The van der Waals surface area contributed by atoms with E-state index >= 15 is 0 Å². The second-order valence-corrected chi connectivity index (χ2v) is 7.53. The molecule has 0 radical (unpaired) electrons. The zero-order chi connectivity index (χ0) is 22.0. The molecular formula is C21H18Cl2N4O3. The number of amides is 1. The first-order valence-electron chi connectivity index (χ1n) is 8.92. The molecule has 30 heavy (non-hydrogen) atoms. The minimum atomic E-state index is -0.535. The molecule has 1 heterocycles. The predicted octanol–water partition coefficient (Wildman–Crippen LogP) is 5.38. The number of benzene rings is 2. The molecule has 7 nitrogen and oxygen atoms in total. The van der Waals surface area contributed by atoms with Gasteiger partial charge in [-0.2, -0.15) is 5.10 Å². The molecule has 1 amide bonds. The molecule has 154 valence electrons. The van der Waals surface area contributed by atoms with Gasteiger partial charge in [-0.15, -0.1) is 0 Å². The van der Waals surface area contributed by atoms with E-state index in [9.17, 15) is 14.9 Å². The Morgan fingerprint density at radius 2 is 1.83 bits per heavy atom. The standard InChI is InChI=1S/C21H18Cl2N4O3/c1-12-4-5-15(9-20(12)27(29)30)21(28)25-24-11-16-8-13(2)26(14(16)3)17-6-7-18(22)19(23)10-17/h4-11H,1-3H3,(H,25,28)/b24-11-. The van der Waals surface area contributed by atoms with Crippen molar-refractivity contribution < 1.29 is 9.72 Å². The van der Waals surface area contributed by atoms with Crippen LogP contribution in [0, 0.1) is 30.9 Å². The summed E-state index contributed by atoms with van der Waals surface area (Å²) in [4.78, 5) is 22.8. The van der Waals surface area contributed by atoms with E-state index in [0.29, 0.717) is 15.6 Å². The molecule has 0 saturated carbocycles. The van der Waals surface area contributed by atoms with Crippen molar-refractivity contribution in [2.24, 2.45) is 5.10 Å². The summed E-state index contributed by atoms with van der Waals surface area (Å²) in [6.07, 6.45) is 1.52. The van der Waals surface area contributed by atoms with Gasteiger partial charge in [-0.05, 0) is 51.1 Å². The van der Waals surface area contributed by atoms with Gasteiger partial charge >= 0.3 is 0 Å². The maximum Gasteiger partial charge on any atom is 0.273 e. The highest BCUT2D eigenvalue weighted by molar-refractivity contribution is 6.42. The molecule has 3 aromatic rings. The van der Waals surface area contributed by atoms with Gasteiger partial charge in [0.2, 0.25) is 0 Å². The third kappa shape index (κ3) is 4.37. The van der Waals surface area contributed by atoms with Crippen LogP contribution in [0.4, 0.5) is 5.69 Å². The normalized spacial score (nSPS) is 11.1. The molecule has 0 unspecified atom stereocenters. The number of aromatic nitrogens is 1. The minimum absolute atomic E-state index is 0.114. The maximum absolute atomic E-state index is 12.3. The van der Waals surface area contributed by atoms with E-state index in [0.717, 1.165) is 22.6 Å². The van der Waals surface area contributed by atoms with Crippen LogP contribution in [0.5, 0.6) is 0 Å². The van der Waals surface area contributed by atoms with Crippen molar-refractivity contribution in [3.05, 3.63) is 90.7 Å². The lowest BCUT2D eigenvalue weighted by Gasteiger charge is -2.10. The fourth-order valence-electron chi connectivity index (χ4n) is 3.11. The molecule has 1 N–H and O–H groups in total. The van der Waals surface area contributed by atoms with E-state index in [1.165, 1.54) is 24.4 Å². The van der Waals surface area contributed by atoms with Crippen LogP contribution in [0.15, 0.2) is 47.6 Å². The van der Waals surface area contributed by atoms with Crippen LogP contribution in [-0.4, -0.2) is 21.6 Å². The van der Waals surface area contributed by atoms with Gasteiger partial charge in [0.15, 0.2) is 0 Å². The zero-order valence-corrected chi connectivity index (χ0v) is 18.0. The summed E-state index contributed by atoms with van der Waals surface area (Å²) in [5, 5.41) is 16.0. The summed E-state index contributed by atoms with van der Waals surface area (Å²) in [7, 11) is 0. The van der Waals surface area contributed by atoms with Gasteiger partial charge in [-0.3, -0.25) is 14.9 Å². The fraction of sp³-hybridized carbons (Fsp3) is 0.143. The molecule has 0 aliphatic heterocycles. The van der Waals surface area contributed by atoms with E-state index in [4.69, 9.17) is 23.2 Å². The summed E-state index contributed by atoms with van der Waals surface area (Å²) in [6.45, 7) is 5.47. The number of hydrazone groups is 1. The predicted molar refractivity (Wildman–Crippen MR) is 118 cm³/mol. The molecule has 1 aromatic heterocycles. The van der Waals surface area contributed by atoms with Gasteiger partial charge in [0.05, 0.1) is 21.2 Å². The number of carbonyl (C=O) groups excluding carboxylic acids is 1. The van der Waals surface area contributed by atoms with Crippen LogP contribution >= 0.6 is 23.2 Å². The summed E-state index contributed by atoms with van der Waals surface area (Å²) < 4.78 is 1.99. The van der Waals surface area contributed by atoms with E-state index in [2.05, 4.69) is 10.5 Å². The maximum atomic E-state index is 12.3. The van der Waals surface area contributed by atoms with E-state index < -0.39 is 10.8 Å². The van der Waals surface area contributed by atoms with E-state index in [1.54, 1.807) is 19.1 Å². The Kier molecular flexibility index (Phi) is 6.24. The van der Waals surface area contributed by atoms with Crippen LogP contribution in [-0.2, 0) is 0 Å². The number of rotatable bonds is 5. The molecule has 0 aliphatic carbocycles. The number of nitro benzene ring substituents is 1. The van der Waals surface area contributed by atoms with Crippen LogP contribution in [0.2, 0.25) is 10.0 Å². The van der Waals surface area contributed by atoms with Crippen molar-refractivity contribution in [3.63, 3.8) is 0 Å². The first-order valence-corrected chi connectivity index (χ1v) is 9.67. The van der Waals surface area contributed by atoms with Gasteiger partial charge in [0, 0.05) is 39.8 Å². The molecule has 0 aliphatic rings. The first kappa shape index (κ1) is 21.5. The number of hydrogen-bond acceptors (Lipinski definition) is 4. The number of nitro groups is 1. The van der Waals surface area contributed by atoms with Gasteiger partial charge < -0.3 is 4.57 Å². The SMILES string of the molecule is Cc1ccc(C(=O)N/N=C\c2cc(C)n(-c3ccc(Cl)c(Cl)c3)c2C)cc1[N+](=O)[O-]. The summed E-state index contributed by atoms with van der Waals surface area (Å²) in [5.41, 5.74) is 6.44. The average molecular weight is 445 g/mol. The highest BCUT2D eigenvalue weighted by atomic mass is 35.5. The van der Waals surface area contributed by atoms with Crippen LogP contribution in [0.3, 0.4) is 0 Å². The Bertz CT molecular complexity index is 1190. The Morgan fingerprint density at radius 1 is 1.10 bits per heavy atom. The van der Waals surface area contributed by atoms with Crippen LogP contribution < -0.4 is 5.43 Å². The lowest BCUT2D eigenvalue weighted by atomic mass is 10.1. The lowest BCUT2D eigenvalue weighted by molar-refractivity contribution is -0.385.